The molecular weight excluding hydrogens is 363 g/mol. The lowest BCUT2D eigenvalue weighted by molar-refractivity contribution is -0.119. The first kappa shape index (κ1) is 18.5. The Labute approximate surface area is 171 Å². The molecule has 2 aromatic rings. The van der Waals surface area contributed by atoms with Crippen molar-refractivity contribution in [1.82, 2.24) is 10.3 Å². The summed E-state index contributed by atoms with van der Waals surface area (Å²) < 4.78 is 13.5. The maximum absolute atomic E-state index is 13.5. The average molecular weight is 391 g/mol. The third-order valence-corrected chi connectivity index (χ3v) is 7.23. The van der Waals surface area contributed by atoms with E-state index in [1.54, 1.807) is 6.07 Å². The van der Waals surface area contributed by atoms with E-state index in [0.29, 0.717) is 30.2 Å². The van der Waals surface area contributed by atoms with Crippen molar-refractivity contribution in [2.45, 2.75) is 44.6 Å². The topological polar surface area (TPSA) is 42.0 Å². The molecule has 5 rings (SSSR count). The molecule has 3 aliphatic rings. The van der Waals surface area contributed by atoms with E-state index < -0.39 is 0 Å². The molecule has 1 aliphatic heterocycles. The monoisotopic (exact) mass is 390 g/mol. The van der Waals surface area contributed by atoms with Crippen LogP contribution >= 0.6 is 0 Å². The fourth-order valence-electron chi connectivity index (χ4n) is 5.88. The van der Waals surface area contributed by atoms with Gasteiger partial charge in [0.1, 0.15) is 5.82 Å². The van der Waals surface area contributed by atoms with Crippen molar-refractivity contribution >= 4 is 12.0 Å². The summed E-state index contributed by atoms with van der Waals surface area (Å²) in [6.45, 7) is 0. The van der Waals surface area contributed by atoms with E-state index >= 15 is 0 Å². The maximum Gasteiger partial charge on any atom is 0.220 e. The second-order valence-electron chi connectivity index (χ2n) is 8.90. The highest BCUT2D eigenvalue weighted by atomic mass is 19.1. The molecule has 4 heteroatoms. The molecule has 1 N–H and O–H groups in total. The Kier molecular flexibility index (Phi) is 4.94. The Hall–Kier alpha value is -2.49. The number of benzene rings is 1. The number of allylic oxidation sites excluding steroid dienone is 1. The van der Waals surface area contributed by atoms with Crippen molar-refractivity contribution < 1.29 is 9.18 Å². The molecule has 0 bridgehead atoms. The van der Waals surface area contributed by atoms with E-state index in [2.05, 4.69) is 22.5 Å². The number of amides is 1. The summed E-state index contributed by atoms with van der Waals surface area (Å²) in [6, 6.07) is 10.9. The molecular formula is C25H27FN2O. The highest BCUT2D eigenvalue weighted by molar-refractivity contribution is 5.79. The standard InChI is InChI=1S/C25H27FN2O/c26-19-6-3-5-16(12-19)18-8-9-20(27-15-18)10-11-22-21-7-2-1-4-17(21)13-24-23(22)14-25(29)28-24/h3,5-6,8-12,15,17,21-24H,1-2,4,7,13-14H2,(H,28,29)/b11-10+/t17?,21?,22?,23-,24+/m1/s1. The molecule has 1 aromatic heterocycles. The molecule has 0 spiro atoms. The van der Waals surface area contributed by atoms with Crippen molar-refractivity contribution in [2.75, 3.05) is 0 Å². The number of nitrogens with zero attached hydrogens (tertiary/aromatic N) is 1. The highest BCUT2D eigenvalue weighted by Gasteiger charge is 2.47. The van der Waals surface area contributed by atoms with Gasteiger partial charge in [-0.05, 0) is 66.4 Å². The Bertz CT molecular complexity index is 923. The van der Waals surface area contributed by atoms with Crippen LogP contribution in [0.3, 0.4) is 0 Å². The predicted molar refractivity (Wildman–Crippen MR) is 112 cm³/mol. The molecule has 3 fully saturated rings. The van der Waals surface area contributed by atoms with Gasteiger partial charge in [0.05, 0.1) is 5.69 Å². The van der Waals surface area contributed by atoms with Crippen molar-refractivity contribution in [3.05, 3.63) is 60.2 Å². The summed E-state index contributed by atoms with van der Waals surface area (Å²) in [5.74, 6) is 2.28. The first-order valence-electron chi connectivity index (χ1n) is 10.9. The first-order chi connectivity index (χ1) is 14.2. The zero-order valence-electron chi connectivity index (χ0n) is 16.6. The molecule has 3 unspecified atom stereocenters. The van der Waals surface area contributed by atoms with Gasteiger partial charge in [-0.2, -0.15) is 0 Å². The van der Waals surface area contributed by atoms with Crippen LogP contribution in [0.1, 0.15) is 44.2 Å². The summed E-state index contributed by atoms with van der Waals surface area (Å²) >= 11 is 0. The van der Waals surface area contributed by atoms with Crippen LogP contribution in [0.25, 0.3) is 17.2 Å². The third kappa shape index (κ3) is 3.73. The van der Waals surface area contributed by atoms with Crippen LogP contribution in [0.15, 0.2) is 48.7 Å². The van der Waals surface area contributed by atoms with Crippen LogP contribution in [0.5, 0.6) is 0 Å². The van der Waals surface area contributed by atoms with Crippen LogP contribution in [0, 0.1) is 29.5 Å². The lowest BCUT2D eigenvalue weighted by Gasteiger charge is -2.46. The Morgan fingerprint density at radius 3 is 2.79 bits per heavy atom. The van der Waals surface area contributed by atoms with Crippen LogP contribution < -0.4 is 5.32 Å². The summed E-state index contributed by atoms with van der Waals surface area (Å²) in [7, 11) is 0. The van der Waals surface area contributed by atoms with E-state index in [1.165, 1.54) is 37.8 Å². The Balaban J connectivity index is 1.37. The molecule has 150 valence electrons. The van der Waals surface area contributed by atoms with Crippen LogP contribution in [-0.2, 0) is 4.79 Å². The predicted octanol–water partition coefficient (Wildman–Crippen LogP) is 5.23. The normalized spacial score (nSPS) is 31.3. The SMILES string of the molecule is O=C1C[C@@H]2C(/C=C/c3ccc(-c4cccc(F)c4)cn3)C3CCCCC3C[C@@H]2N1. The minimum Gasteiger partial charge on any atom is -0.353 e. The van der Waals surface area contributed by atoms with Gasteiger partial charge in [0.25, 0.3) is 0 Å². The van der Waals surface area contributed by atoms with Gasteiger partial charge >= 0.3 is 0 Å². The van der Waals surface area contributed by atoms with Crippen LogP contribution in [0.4, 0.5) is 4.39 Å². The van der Waals surface area contributed by atoms with Gasteiger partial charge in [-0.3, -0.25) is 9.78 Å². The molecule has 0 radical (unpaired) electrons. The highest BCUT2D eigenvalue weighted by Crippen LogP contribution is 2.49. The Morgan fingerprint density at radius 1 is 1.07 bits per heavy atom. The largest absolute Gasteiger partial charge is 0.353 e. The van der Waals surface area contributed by atoms with Gasteiger partial charge in [0.2, 0.25) is 5.91 Å². The number of pyridine rings is 1. The molecule has 2 aliphatic carbocycles. The van der Waals surface area contributed by atoms with Crippen molar-refractivity contribution in [3.63, 3.8) is 0 Å². The third-order valence-electron chi connectivity index (χ3n) is 7.23. The molecule has 1 saturated heterocycles. The number of rotatable bonds is 3. The first-order valence-corrected chi connectivity index (χ1v) is 10.9. The summed E-state index contributed by atoms with van der Waals surface area (Å²) in [5, 5.41) is 3.23. The van der Waals surface area contributed by atoms with Crippen molar-refractivity contribution in [3.8, 4) is 11.1 Å². The quantitative estimate of drug-likeness (QED) is 0.779. The lowest BCUT2D eigenvalue weighted by Crippen LogP contribution is -2.45. The summed E-state index contributed by atoms with van der Waals surface area (Å²) in [5.41, 5.74) is 2.66. The average Bonchev–Trinajstić information content (AvgIpc) is 3.11. The molecule has 2 saturated carbocycles. The molecule has 2 heterocycles. The van der Waals surface area contributed by atoms with Gasteiger partial charge in [0.15, 0.2) is 0 Å². The lowest BCUT2D eigenvalue weighted by atomic mass is 9.60. The number of carbonyl (C=O) groups is 1. The zero-order valence-corrected chi connectivity index (χ0v) is 16.6. The second-order valence-corrected chi connectivity index (χ2v) is 8.90. The van der Waals surface area contributed by atoms with Crippen molar-refractivity contribution in [2.24, 2.45) is 23.7 Å². The Morgan fingerprint density at radius 2 is 1.97 bits per heavy atom. The number of aromatic nitrogens is 1. The molecule has 1 amide bonds. The fourth-order valence-corrected chi connectivity index (χ4v) is 5.88. The van der Waals surface area contributed by atoms with Gasteiger partial charge in [-0.25, -0.2) is 4.39 Å². The smallest absolute Gasteiger partial charge is 0.220 e. The van der Waals surface area contributed by atoms with Gasteiger partial charge in [-0.1, -0.05) is 43.5 Å². The number of carbonyl (C=O) groups excluding carboxylic acids is 1. The number of hydrogen-bond acceptors (Lipinski definition) is 2. The number of halogens is 1. The molecule has 5 atom stereocenters. The van der Waals surface area contributed by atoms with Crippen molar-refractivity contribution in [1.29, 1.82) is 0 Å². The second kappa shape index (κ2) is 7.74. The molecule has 29 heavy (non-hydrogen) atoms. The van der Waals surface area contributed by atoms with Gasteiger partial charge < -0.3 is 5.32 Å². The number of hydrogen-bond donors (Lipinski definition) is 1. The molecule has 1 aromatic carbocycles. The minimum absolute atomic E-state index is 0.217. The molecule has 3 nitrogen and oxygen atoms in total. The maximum atomic E-state index is 13.5. The summed E-state index contributed by atoms with van der Waals surface area (Å²) in [6.07, 6.45) is 13.3. The van der Waals surface area contributed by atoms with Gasteiger partial charge in [-0.15, -0.1) is 0 Å². The van der Waals surface area contributed by atoms with E-state index in [4.69, 9.17) is 0 Å². The van der Waals surface area contributed by atoms with Crippen LogP contribution in [-0.4, -0.2) is 16.9 Å². The van der Waals surface area contributed by atoms with Crippen LogP contribution in [0.2, 0.25) is 0 Å². The number of nitrogens with one attached hydrogen (secondary N) is 1. The summed E-state index contributed by atoms with van der Waals surface area (Å²) in [4.78, 5) is 16.6. The van der Waals surface area contributed by atoms with E-state index in [9.17, 15) is 9.18 Å². The zero-order chi connectivity index (χ0) is 19.8. The van der Waals surface area contributed by atoms with Gasteiger partial charge in [0, 0.05) is 24.2 Å². The minimum atomic E-state index is -0.236. The number of fused-ring (bicyclic) bond motifs is 2. The fraction of sp³-hybridized carbons (Fsp3) is 0.440. The van der Waals surface area contributed by atoms with E-state index in [-0.39, 0.29) is 11.7 Å². The van der Waals surface area contributed by atoms with E-state index in [1.807, 2.05) is 24.4 Å². The van der Waals surface area contributed by atoms with E-state index in [0.717, 1.165) is 29.2 Å².